The molecular weight excluding hydrogens is 274 g/mol. The molecule has 0 atom stereocenters. The second kappa shape index (κ2) is 3.81. The molecule has 14 heavy (non-hydrogen) atoms. The van der Waals surface area contributed by atoms with Crippen molar-refractivity contribution in [3.63, 3.8) is 0 Å². The molecule has 0 amide bonds. The van der Waals surface area contributed by atoms with Gasteiger partial charge in [-0.15, -0.1) is 0 Å². The summed E-state index contributed by atoms with van der Waals surface area (Å²) in [7, 11) is 0. The first-order chi connectivity index (χ1) is 6.57. The van der Waals surface area contributed by atoms with Gasteiger partial charge in [-0.25, -0.2) is 13.8 Å². The third-order valence-corrected chi connectivity index (χ3v) is 3.95. The maximum absolute atomic E-state index is 12.9. The Hall–Kier alpha value is -0.100. The summed E-state index contributed by atoms with van der Waals surface area (Å²) in [5.74, 6) is -2.28. The summed E-state index contributed by atoms with van der Waals surface area (Å²) < 4.78 is 30.3. The quantitative estimate of drug-likeness (QED) is 0.787. The van der Waals surface area contributed by atoms with E-state index < -0.39 is 5.92 Å². The summed E-state index contributed by atoms with van der Waals surface area (Å²) >= 11 is 4.46. The van der Waals surface area contributed by atoms with Crippen molar-refractivity contribution in [2.24, 2.45) is 0 Å². The minimum atomic E-state index is -2.46. The van der Waals surface area contributed by atoms with Gasteiger partial charge in [-0.2, -0.15) is 4.37 Å². The Morgan fingerprint density at radius 3 is 2.50 bits per heavy atom. The molecule has 0 radical (unpaired) electrons. The molecule has 1 aliphatic carbocycles. The van der Waals surface area contributed by atoms with Crippen LogP contribution < -0.4 is 0 Å². The van der Waals surface area contributed by atoms with Crippen LogP contribution in [-0.4, -0.2) is 15.3 Å². The Labute approximate surface area is 93.0 Å². The van der Waals surface area contributed by atoms with Gasteiger partial charge in [-0.3, -0.25) is 0 Å². The van der Waals surface area contributed by atoms with Gasteiger partial charge >= 0.3 is 0 Å². The van der Waals surface area contributed by atoms with Crippen LogP contribution in [-0.2, 0) is 0 Å². The van der Waals surface area contributed by atoms with E-state index in [1.165, 1.54) is 11.5 Å². The summed E-state index contributed by atoms with van der Waals surface area (Å²) in [5, 5.41) is 0.882. The lowest BCUT2D eigenvalue weighted by molar-refractivity contribution is -0.0382. The number of halogens is 3. The number of hydrogen-bond acceptors (Lipinski definition) is 3. The molecule has 0 aliphatic heterocycles. The van der Waals surface area contributed by atoms with Crippen LogP contribution in [0.25, 0.3) is 0 Å². The van der Waals surface area contributed by atoms with Crippen molar-refractivity contribution >= 4 is 27.5 Å². The van der Waals surface area contributed by atoms with Gasteiger partial charge in [0, 0.05) is 18.8 Å². The van der Waals surface area contributed by atoms with Crippen LogP contribution >= 0.6 is 27.5 Å². The van der Waals surface area contributed by atoms with Crippen molar-refractivity contribution in [2.75, 3.05) is 0 Å². The number of nitrogens with zero attached hydrogens (tertiary/aromatic N) is 2. The van der Waals surface area contributed by atoms with Crippen molar-refractivity contribution < 1.29 is 8.78 Å². The lowest BCUT2D eigenvalue weighted by Crippen LogP contribution is -2.23. The van der Waals surface area contributed by atoms with E-state index >= 15 is 0 Å². The van der Waals surface area contributed by atoms with E-state index in [9.17, 15) is 8.78 Å². The van der Waals surface area contributed by atoms with Crippen molar-refractivity contribution in [3.8, 4) is 0 Å². The van der Waals surface area contributed by atoms with Crippen molar-refractivity contribution in [3.05, 3.63) is 9.74 Å². The van der Waals surface area contributed by atoms with Gasteiger partial charge in [-0.05, 0) is 40.3 Å². The smallest absolute Gasteiger partial charge is 0.214 e. The highest BCUT2D eigenvalue weighted by Crippen LogP contribution is 2.41. The average Bonchev–Trinajstić information content (AvgIpc) is 2.52. The summed E-state index contributed by atoms with van der Waals surface area (Å²) in [6, 6.07) is 0. The zero-order chi connectivity index (χ0) is 10.2. The van der Waals surface area contributed by atoms with Gasteiger partial charge in [0.25, 0.3) is 0 Å². The molecule has 1 aliphatic rings. The molecule has 1 saturated carbocycles. The second-order valence-electron chi connectivity index (χ2n) is 3.53. The molecule has 1 fully saturated rings. The lowest BCUT2D eigenvalue weighted by atomic mass is 9.87. The molecule has 1 aromatic heterocycles. The molecule has 2 nitrogen and oxygen atoms in total. The van der Waals surface area contributed by atoms with E-state index in [2.05, 4.69) is 25.3 Å². The fourth-order valence-electron chi connectivity index (χ4n) is 1.67. The number of hydrogen-bond donors (Lipinski definition) is 0. The molecule has 0 unspecified atom stereocenters. The monoisotopic (exact) mass is 282 g/mol. The topological polar surface area (TPSA) is 25.8 Å². The second-order valence-corrected chi connectivity index (χ2v) is 5.02. The minimum absolute atomic E-state index is 0.0190. The molecule has 1 aromatic rings. The Kier molecular flexibility index (Phi) is 2.83. The Bertz CT molecular complexity index is 319. The van der Waals surface area contributed by atoms with Gasteiger partial charge < -0.3 is 0 Å². The van der Waals surface area contributed by atoms with Crippen LogP contribution in [0.5, 0.6) is 0 Å². The Morgan fingerprint density at radius 2 is 2.00 bits per heavy atom. The van der Waals surface area contributed by atoms with Gasteiger partial charge in [0.1, 0.15) is 5.01 Å². The van der Waals surface area contributed by atoms with Crippen LogP contribution in [0.1, 0.15) is 36.6 Å². The van der Waals surface area contributed by atoms with Crippen LogP contribution in [0.2, 0.25) is 0 Å². The first-order valence-corrected chi connectivity index (χ1v) is 6.00. The van der Waals surface area contributed by atoms with Crippen LogP contribution in [0, 0.1) is 0 Å². The van der Waals surface area contributed by atoms with Crippen molar-refractivity contribution in [2.45, 2.75) is 37.5 Å². The molecule has 6 heteroatoms. The first-order valence-electron chi connectivity index (χ1n) is 4.44. The van der Waals surface area contributed by atoms with Gasteiger partial charge in [0.15, 0.2) is 0 Å². The maximum atomic E-state index is 12.9. The van der Waals surface area contributed by atoms with Gasteiger partial charge in [0.2, 0.25) is 10.7 Å². The highest BCUT2D eigenvalue weighted by molar-refractivity contribution is 9.10. The molecule has 78 valence electrons. The third kappa shape index (κ3) is 2.28. The average molecular weight is 283 g/mol. The molecular formula is C8H9BrF2N2S. The molecule has 0 N–H and O–H groups in total. The van der Waals surface area contributed by atoms with Gasteiger partial charge in [-0.1, -0.05) is 0 Å². The predicted molar refractivity (Wildman–Crippen MR) is 53.8 cm³/mol. The fourth-order valence-corrected chi connectivity index (χ4v) is 2.92. The zero-order valence-corrected chi connectivity index (χ0v) is 9.74. The van der Waals surface area contributed by atoms with Crippen LogP contribution in [0.15, 0.2) is 4.73 Å². The lowest BCUT2D eigenvalue weighted by Gasteiger charge is -2.26. The van der Waals surface area contributed by atoms with Gasteiger partial charge in [0.05, 0.1) is 0 Å². The summed E-state index contributed by atoms with van der Waals surface area (Å²) in [6.07, 6.45) is 1.01. The SMILES string of the molecule is FC1(F)CCC(c2nc(Br)ns2)CC1. The predicted octanol–water partition coefficient (Wildman–Crippen LogP) is 3.59. The van der Waals surface area contributed by atoms with E-state index in [0.717, 1.165) is 5.01 Å². The number of alkyl halides is 2. The normalized spacial score (nSPS) is 22.5. The van der Waals surface area contributed by atoms with E-state index in [-0.39, 0.29) is 18.8 Å². The van der Waals surface area contributed by atoms with Crippen LogP contribution in [0.3, 0.4) is 0 Å². The summed E-state index contributed by atoms with van der Waals surface area (Å²) in [4.78, 5) is 4.16. The fraction of sp³-hybridized carbons (Fsp3) is 0.750. The standard InChI is InChI=1S/C8H9BrF2N2S/c9-7-12-6(14-13-7)5-1-3-8(10,11)4-2-5/h5H,1-4H2. The van der Waals surface area contributed by atoms with E-state index in [4.69, 9.17) is 0 Å². The Morgan fingerprint density at radius 1 is 1.36 bits per heavy atom. The molecule has 2 rings (SSSR count). The Balaban J connectivity index is 2.02. The highest BCUT2D eigenvalue weighted by Gasteiger charge is 2.36. The summed E-state index contributed by atoms with van der Waals surface area (Å²) in [6.45, 7) is 0. The third-order valence-electron chi connectivity index (χ3n) is 2.48. The van der Waals surface area contributed by atoms with Crippen molar-refractivity contribution in [1.29, 1.82) is 0 Å². The number of rotatable bonds is 1. The first kappa shape index (κ1) is 10.4. The van der Waals surface area contributed by atoms with E-state index in [1.54, 1.807) is 0 Å². The van der Waals surface area contributed by atoms with Crippen molar-refractivity contribution in [1.82, 2.24) is 9.36 Å². The largest absolute Gasteiger partial charge is 0.248 e. The zero-order valence-electron chi connectivity index (χ0n) is 7.34. The molecule has 0 bridgehead atoms. The molecule has 0 aromatic carbocycles. The summed E-state index contributed by atoms with van der Waals surface area (Å²) in [5.41, 5.74) is 0. The van der Waals surface area contributed by atoms with Crippen LogP contribution in [0.4, 0.5) is 8.78 Å². The molecule has 0 saturated heterocycles. The maximum Gasteiger partial charge on any atom is 0.248 e. The van der Waals surface area contributed by atoms with E-state index in [0.29, 0.717) is 17.6 Å². The highest BCUT2D eigenvalue weighted by atomic mass is 79.9. The van der Waals surface area contributed by atoms with E-state index in [1.807, 2.05) is 0 Å². The number of aromatic nitrogens is 2. The molecule has 1 heterocycles. The molecule has 0 spiro atoms. The minimum Gasteiger partial charge on any atom is -0.214 e.